The van der Waals surface area contributed by atoms with Crippen LogP contribution in [-0.2, 0) is 17.6 Å². The molecular formula is C30H30N2O5S. The van der Waals surface area contributed by atoms with Gasteiger partial charge >= 0.3 is 5.97 Å². The Hall–Kier alpha value is -3.78. The van der Waals surface area contributed by atoms with Crippen LogP contribution in [0.1, 0.15) is 84.6 Å². The molecule has 1 N–H and O–H groups in total. The van der Waals surface area contributed by atoms with E-state index in [1.165, 1.54) is 18.4 Å². The molecule has 2 heterocycles. The molecule has 0 bridgehead atoms. The number of nitrogens with one attached hydrogen (secondary N) is 1. The fraction of sp³-hybridized carbons (Fsp3) is 0.333. The number of thiophene rings is 1. The van der Waals surface area contributed by atoms with Gasteiger partial charge in [-0.2, -0.15) is 0 Å². The third-order valence-electron chi connectivity index (χ3n) is 7.61. The summed E-state index contributed by atoms with van der Waals surface area (Å²) in [6, 6.07) is 11.6. The molecule has 196 valence electrons. The highest BCUT2D eigenvalue weighted by Crippen LogP contribution is 2.44. The number of hydrogen-bond acceptors (Lipinski definition) is 6. The zero-order chi connectivity index (χ0) is 27.4. The highest BCUT2D eigenvalue weighted by molar-refractivity contribution is 7.17. The number of esters is 1. The van der Waals surface area contributed by atoms with Gasteiger partial charge in [0, 0.05) is 10.4 Å². The molecule has 1 aliphatic carbocycles. The van der Waals surface area contributed by atoms with Crippen molar-refractivity contribution in [1.82, 2.24) is 0 Å². The second-order valence-corrected chi connectivity index (χ2v) is 12.1. The zero-order valence-electron chi connectivity index (χ0n) is 22.1. The number of carbonyl (C=O) groups is 4. The molecule has 5 rings (SSSR count). The Bertz CT molecular complexity index is 1460. The monoisotopic (exact) mass is 530 g/mol. The number of rotatable bonds is 4. The van der Waals surface area contributed by atoms with Gasteiger partial charge in [-0.25, -0.2) is 9.69 Å². The normalized spacial score (nSPS) is 16.8. The third kappa shape index (κ3) is 4.32. The topological polar surface area (TPSA) is 92.8 Å². The van der Waals surface area contributed by atoms with E-state index in [9.17, 15) is 19.2 Å². The molecule has 0 saturated carbocycles. The lowest BCUT2D eigenvalue weighted by molar-refractivity contribution is 0.0600. The van der Waals surface area contributed by atoms with Gasteiger partial charge in [-0.15, -0.1) is 11.3 Å². The van der Waals surface area contributed by atoms with Gasteiger partial charge in [0.15, 0.2) is 0 Å². The Morgan fingerprint density at radius 2 is 1.71 bits per heavy atom. The van der Waals surface area contributed by atoms with Crippen LogP contribution in [0.25, 0.3) is 0 Å². The molecule has 2 aliphatic rings. The number of nitrogens with zero attached hydrogens (tertiary/aromatic N) is 1. The Labute approximate surface area is 225 Å². The lowest BCUT2D eigenvalue weighted by Crippen LogP contribution is -2.30. The first-order valence-corrected chi connectivity index (χ1v) is 13.5. The predicted molar refractivity (Wildman–Crippen MR) is 147 cm³/mol. The lowest BCUT2D eigenvalue weighted by Gasteiger charge is -2.33. The van der Waals surface area contributed by atoms with Crippen molar-refractivity contribution in [3.8, 4) is 0 Å². The van der Waals surface area contributed by atoms with E-state index >= 15 is 0 Å². The highest BCUT2D eigenvalue weighted by atomic mass is 32.1. The van der Waals surface area contributed by atoms with Crippen LogP contribution < -0.4 is 10.2 Å². The number of carbonyl (C=O) groups excluding carboxylic acids is 4. The van der Waals surface area contributed by atoms with E-state index in [0.29, 0.717) is 38.9 Å². The maximum Gasteiger partial charge on any atom is 0.341 e. The zero-order valence-corrected chi connectivity index (χ0v) is 23.0. The summed E-state index contributed by atoms with van der Waals surface area (Å²) >= 11 is 1.42. The molecule has 7 nitrogen and oxygen atoms in total. The van der Waals surface area contributed by atoms with Crippen molar-refractivity contribution in [3.63, 3.8) is 0 Å². The molecular weight excluding hydrogens is 500 g/mol. The first-order chi connectivity index (χ1) is 18.0. The minimum absolute atomic E-state index is 0.138. The Balaban J connectivity index is 1.47. The summed E-state index contributed by atoms with van der Waals surface area (Å²) in [4.78, 5) is 54.5. The Kier molecular flexibility index (Phi) is 6.47. The predicted octanol–water partition coefficient (Wildman–Crippen LogP) is 6.05. The molecule has 0 fully saturated rings. The van der Waals surface area contributed by atoms with E-state index in [1.807, 2.05) is 0 Å². The number of imide groups is 1. The molecule has 2 aromatic carbocycles. The number of hydrogen-bond donors (Lipinski definition) is 1. The fourth-order valence-corrected chi connectivity index (χ4v) is 6.62. The number of aryl methyl sites for hydroxylation is 1. The van der Waals surface area contributed by atoms with Crippen LogP contribution in [-0.4, -0.2) is 30.8 Å². The summed E-state index contributed by atoms with van der Waals surface area (Å²) in [6.45, 7) is 8.46. The first-order valence-electron chi connectivity index (χ1n) is 12.6. The maximum absolute atomic E-state index is 13.4. The van der Waals surface area contributed by atoms with E-state index in [4.69, 9.17) is 4.74 Å². The minimum Gasteiger partial charge on any atom is -0.465 e. The van der Waals surface area contributed by atoms with Gasteiger partial charge in [-0.3, -0.25) is 14.4 Å². The van der Waals surface area contributed by atoms with Gasteiger partial charge in [0.1, 0.15) is 5.00 Å². The van der Waals surface area contributed by atoms with E-state index < -0.39 is 23.7 Å². The van der Waals surface area contributed by atoms with Crippen molar-refractivity contribution in [2.75, 3.05) is 17.3 Å². The smallest absolute Gasteiger partial charge is 0.341 e. The van der Waals surface area contributed by atoms with Crippen LogP contribution in [0.3, 0.4) is 0 Å². The second-order valence-electron chi connectivity index (χ2n) is 11.0. The van der Waals surface area contributed by atoms with Crippen molar-refractivity contribution in [2.45, 2.75) is 47.0 Å². The summed E-state index contributed by atoms with van der Waals surface area (Å²) in [7, 11) is 1.34. The SMILES string of the molecule is COC(=O)c1c(NC(=O)c2ccc(C)c(N3C(=O)c4ccccc4C3=O)c2)sc2c1CC[C@@H](C(C)(C)C)C2. The van der Waals surface area contributed by atoms with Crippen LogP contribution in [0.4, 0.5) is 10.7 Å². The third-order valence-corrected chi connectivity index (χ3v) is 8.78. The van der Waals surface area contributed by atoms with Gasteiger partial charge < -0.3 is 10.1 Å². The minimum atomic E-state index is -0.470. The summed E-state index contributed by atoms with van der Waals surface area (Å²) in [5.74, 6) is -1.26. The van der Waals surface area contributed by atoms with Crippen molar-refractivity contribution in [2.24, 2.45) is 11.3 Å². The highest BCUT2D eigenvalue weighted by Gasteiger charge is 2.38. The Morgan fingerprint density at radius 1 is 1.05 bits per heavy atom. The molecule has 0 saturated heterocycles. The molecule has 0 radical (unpaired) electrons. The number of methoxy groups -OCH3 is 1. The Morgan fingerprint density at radius 3 is 2.32 bits per heavy atom. The number of amides is 3. The summed E-state index contributed by atoms with van der Waals surface area (Å²) in [6.07, 6.45) is 2.56. The molecule has 1 aromatic heterocycles. The number of anilines is 2. The molecule has 3 aromatic rings. The van der Waals surface area contributed by atoms with Crippen molar-refractivity contribution in [3.05, 3.63) is 80.7 Å². The molecule has 3 amide bonds. The summed E-state index contributed by atoms with van der Waals surface area (Å²) in [5.41, 5.74) is 3.51. The van der Waals surface area contributed by atoms with E-state index in [-0.39, 0.29) is 11.0 Å². The maximum atomic E-state index is 13.4. The van der Waals surface area contributed by atoms with Crippen molar-refractivity contribution < 1.29 is 23.9 Å². The van der Waals surface area contributed by atoms with Crippen LogP contribution in [0.15, 0.2) is 42.5 Å². The van der Waals surface area contributed by atoms with Gasteiger partial charge in [-0.1, -0.05) is 39.0 Å². The largest absolute Gasteiger partial charge is 0.465 e. The number of benzene rings is 2. The van der Waals surface area contributed by atoms with Gasteiger partial charge in [0.2, 0.25) is 0 Å². The van der Waals surface area contributed by atoms with Crippen molar-refractivity contribution in [1.29, 1.82) is 0 Å². The first kappa shape index (κ1) is 25.9. The van der Waals surface area contributed by atoms with Crippen LogP contribution >= 0.6 is 11.3 Å². The average Bonchev–Trinajstić information content (AvgIpc) is 3.37. The van der Waals surface area contributed by atoms with Gasteiger partial charge in [-0.05, 0) is 72.9 Å². The molecule has 38 heavy (non-hydrogen) atoms. The van der Waals surface area contributed by atoms with E-state index in [0.717, 1.165) is 34.6 Å². The standard InChI is InChI=1S/C30H30N2O5S/c1-16-10-11-17(14-22(16)32-27(34)19-8-6-7-9-20(19)28(32)35)25(33)31-26-24(29(36)37-5)21-13-12-18(30(2,3)4)15-23(21)38-26/h6-11,14,18H,12-13,15H2,1-5H3,(H,31,33)/t18-/m1/s1. The average molecular weight is 531 g/mol. The van der Waals surface area contributed by atoms with E-state index in [1.54, 1.807) is 49.4 Å². The van der Waals surface area contributed by atoms with Crippen LogP contribution in [0, 0.1) is 18.3 Å². The summed E-state index contributed by atoms with van der Waals surface area (Å²) in [5, 5.41) is 3.38. The van der Waals surface area contributed by atoms with E-state index in [2.05, 4.69) is 26.1 Å². The molecule has 8 heteroatoms. The summed E-state index contributed by atoms with van der Waals surface area (Å²) < 4.78 is 5.07. The lowest BCUT2D eigenvalue weighted by atomic mass is 9.72. The van der Waals surface area contributed by atoms with Crippen LogP contribution in [0.5, 0.6) is 0 Å². The number of ether oxygens (including phenoxy) is 1. The van der Waals surface area contributed by atoms with Gasteiger partial charge in [0.05, 0.1) is 29.5 Å². The van der Waals surface area contributed by atoms with Crippen molar-refractivity contribution >= 4 is 45.7 Å². The molecule has 1 aliphatic heterocycles. The number of fused-ring (bicyclic) bond motifs is 2. The molecule has 0 unspecified atom stereocenters. The second kappa shape index (κ2) is 9.51. The molecule has 0 spiro atoms. The van der Waals surface area contributed by atoms with Gasteiger partial charge in [0.25, 0.3) is 17.7 Å². The quantitative estimate of drug-likeness (QED) is 0.328. The van der Waals surface area contributed by atoms with Crippen LogP contribution in [0.2, 0.25) is 0 Å². The fourth-order valence-electron chi connectivity index (χ4n) is 5.31. The molecule has 1 atom stereocenters.